The van der Waals surface area contributed by atoms with E-state index >= 15 is 3.32 Å². The molecule has 0 bridgehead atoms. The molecule has 0 aliphatic heterocycles. The summed E-state index contributed by atoms with van der Waals surface area (Å²) in [5.74, 6) is 0. The fraction of sp³-hybridized carbons (Fsp3) is 0.400. The summed E-state index contributed by atoms with van der Waals surface area (Å²) in [4.78, 5) is 0. The Labute approximate surface area is 278 Å². The molecule has 248 valence electrons. The molecule has 3 nitrogen and oxygen atoms in total. The zero-order chi connectivity index (χ0) is 32.9. The molecule has 0 radical (unpaired) electrons. The molecule has 0 atom stereocenters. The zero-order valence-corrected chi connectivity index (χ0v) is 32.0. The van der Waals surface area contributed by atoms with Gasteiger partial charge < -0.3 is 0 Å². The summed E-state index contributed by atoms with van der Waals surface area (Å²) in [6, 6.07) is 40.4. The Kier molecular flexibility index (Phi) is 12.2. The van der Waals surface area contributed by atoms with Gasteiger partial charge in [-0.15, -0.1) is 0 Å². The average molecular weight is 695 g/mol. The first-order chi connectivity index (χ1) is 22.3. The Bertz CT molecular complexity index is 1370. The van der Waals surface area contributed by atoms with Crippen molar-refractivity contribution in [1.82, 2.24) is 0 Å². The second kappa shape index (κ2) is 15.2. The SMILES string of the molecule is CCCCP(CCCC)[O][Ti](=[O])([O]P(CCCC)CCCC)([c]1ccccc1)([c]1ccccc1)([c]1ccccc1)[c]1ccccc1. The molecule has 0 fully saturated rings. The normalized spacial score (nSPS) is 14.4. The maximum atomic E-state index is 19.5. The minimum atomic E-state index is -7.98. The Hall–Kier alpha value is -1.83. The molecule has 0 heterocycles. The van der Waals surface area contributed by atoms with Crippen molar-refractivity contribution in [3.63, 3.8) is 0 Å². The van der Waals surface area contributed by atoms with E-state index < -0.39 is 29.8 Å². The first-order valence-electron chi connectivity index (χ1n) is 17.7. The maximum absolute atomic E-state index is 19.5. The van der Waals surface area contributed by atoms with Crippen LogP contribution in [-0.2, 0) is 23.0 Å². The van der Waals surface area contributed by atoms with Gasteiger partial charge in [0.2, 0.25) is 0 Å². The van der Waals surface area contributed by atoms with E-state index in [-0.39, 0.29) is 0 Å². The van der Waals surface area contributed by atoms with Crippen LogP contribution in [0.25, 0.3) is 0 Å². The van der Waals surface area contributed by atoms with E-state index in [1.807, 2.05) is 121 Å². The predicted octanol–water partition coefficient (Wildman–Crippen LogP) is 10.3. The van der Waals surface area contributed by atoms with Gasteiger partial charge in [0.25, 0.3) is 0 Å². The fourth-order valence-electron chi connectivity index (χ4n) is 7.48. The molecule has 0 unspecified atom stereocenters. The van der Waals surface area contributed by atoms with Gasteiger partial charge in [-0.1, -0.05) is 0 Å². The van der Waals surface area contributed by atoms with E-state index in [0.717, 1.165) is 76.0 Å². The Morgan fingerprint density at radius 2 is 0.630 bits per heavy atom. The Balaban J connectivity index is 2.42. The van der Waals surface area contributed by atoms with Crippen LogP contribution in [0.1, 0.15) is 79.1 Å². The van der Waals surface area contributed by atoms with Gasteiger partial charge in [0, 0.05) is 0 Å². The van der Waals surface area contributed by atoms with E-state index in [9.17, 15) is 0 Å². The van der Waals surface area contributed by atoms with E-state index in [1.54, 1.807) is 0 Å². The standard InChI is InChI=1S/2C8H18OP.4C6H5.O.Ti/c2*1-3-5-7-10(9)8-6-4-2;4*1-2-4-6-5-3-1;;/h2*3-8H2,1-2H3;4*1-5H;;/q2*-1;;;;;;+2. The summed E-state index contributed by atoms with van der Waals surface area (Å²) in [5.41, 5.74) is 0. The first-order valence-corrected chi connectivity index (χ1v) is 26.0. The molecule has 4 aromatic rings. The van der Waals surface area contributed by atoms with E-state index in [4.69, 9.17) is 6.21 Å². The number of unbranched alkanes of at least 4 members (excludes halogenated alkanes) is 4. The molecule has 0 aromatic heterocycles. The van der Waals surface area contributed by atoms with Crippen molar-refractivity contribution in [2.75, 3.05) is 24.6 Å². The van der Waals surface area contributed by atoms with Crippen LogP contribution in [0.3, 0.4) is 0 Å². The molecule has 0 saturated heterocycles. The molecule has 4 aromatic carbocycles. The summed E-state index contributed by atoms with van der Waals surface area (Å²) in [6.07, 6.45) is 11.7. The Morgan fingerprint density at radius 3 is 0.826 bits per heavy atom. The molecule has 4 rings (SSSR count). The average Bonchev–Trinajstić information content (AvgIpc) is 3.12. The van der Waals surface area contributed by atoms with Gasteiger partial charge in [-0.25, -0.2) is 0 Å². The summed E-state index contributed by atoms with van der Waals surface area (Å²) in [5, 5.41) is 0. The number of hydrogen-bond acceptors (Lipinski definition) is 3. The van der Waals surface area contributed by atoms with Crippen molar-refractivity contribution in [2.45, 2.75) is 79.1 Å². The van der Waals surface area contributed by atoms with Crippen molar-refractivity contribution < 1.29 is 23.0 Å². The van der Waals surface area contributed by atoms with Crippen LogP contribution in [0.2, 0.25) is 0 Å². The van der Waals surface area contributed by atoms with Crippen molar-refractivity contribution in [1.29, 1.82) is 0 Å². The van der Waals surface area contributed by atoms with E-state index in [2.05, 4.69) is 27.7 Å². The third kappa shape index (κ3) is 5.89. The predicted molar refractivity (Wildman–Crippen MR) is 200 cm³/mol. The minimum absolute atomic E-state index is 0.630. The van der Waals surface area contributed by atoms with Gasteiger partial charge in [-0.3, -0.25) is 0 Å². The molecule has 0 aliphatic carbocycles. The van der Waals surface area contributed by atoms with Gasteiger partial charge in [-0.2, -0.15) is 0 Å². The monoisotopic (exact) mass is 694 g/mol. The number of rotatable bonds is 20. The van der Waals surface area contributed by atoms with Crippen molar-refractivity contribution in [3.8, 4) is 0 Å². The summed E-state index contributed by atoms with van der Waals surface area (Å²) in [6.45, 7) is 8.92. The quantitative estimate of drug-likeness (QED) is 0.0683. The van der Waals surface area contributed by atoms with Crippen molar-refractivity contribution in [3.05, 3.63) is 121 Å². The molecule has 0 N–H and O–H groups in total. The van der Waals surface area contributed by atoms with Crippen molar-refractivity contribution >= 4 is 31.8 Å². The summed E-state index contributed by atoms with van der Waals surface area (Å²) in [7, 11) is -2.41. The van der Waals surface area contributed by atoms with Crippen LogP contribution in [0.15, 0.2) is 121 Å². The zero-order valence-electron chi connectivity index (χ0n) is 28.7. The molecule has 0 saturated carbocycles. The molecule has 0 aliphatic rings. The van der Waals surface area contributed by atoms with Crippen LogP contribution in [0, 0.1) is 0 Å². The molecule has 0 amide bonds. The molecule has 0 spiro atoms. The molecule has 6 heteroatoms. The Morgan fingerprint density at radius 1 is 0.413 bits per heavy atom. The topological polar surface area (TPSA) is 35.5 Å². The van der Waals surface area contributed by atoms with Crippen molar-refractivity contribution in [2.24, 2.45) is 0 Å². The van der Waals surface area contributed by atoms with Gasteiger partial charge in [0.15, 0.2) is 0 Å². The summed E-state index contributed by atoms with van der Waals surface area (Å²) < 4.78 is 38.4. The third-order valence-electron chi connectivity index (χ3n) is 10.1. The molecular formula is C40H56O3P2Ti. The van der Waals surface area contributed by atoms with Crippen LogP contribution >= 0.6 is 16.3 Å². The fourth-order valence-corrected chi connectivity index (χ4v) is 36.3. The number of benzene rings is 4. The van der Waals surface area contributed by atoms with Crippen LogP contribution < -0.4 is 15.5 Å². The third-order valence-corrected chi connectivity index (χ3v) is 34.0. The second-order valence-corrected chi connectivity index (χ2v) is 29.5. The van der Waals surface area contributed by atoms with Gasteiger partial charge in [0.05, 0.1) is 0 Å². The van der Waals surface area contributed by atoms with Crippen LogP contribution in [0.5, 0.6) is 0 Å². The van der Waals surface area contributed by atoms with Crippen LogP contribution in [-0.4, -0.2) is 24.6 Å². The van der Waals surface area contributed by atoms with Gasteiger partial charge in [-0.05, 0) is 0 Å². The second-order valence-electron chi connectivity index (χ2n) is 13.1. The number of hydrogen-bond donors (Lipinski definition) is 0. The van der Waals surface area contributed by atoms with E-state index in [0.29, 0.717) is 15.5 Å². The van der Waals surface area contributed by atoms with Gasteiger partial charge >= 0.3 is 280 Å². The summed E-state index contributed by atoms with van der Waals surface area (Å²) >= 11 is -7.98. The first kappa shape index (κ1) is 37.0. The van der Waals surface area contributed by atoms with E-state index in [1.165, 1.54) is 0 Å². The van der Waals surface area contributed by atoms with Crippen LogP contribution in [0.4, 0.5) is 0 Å². The molecule has 46 heavy (non-hydrogen) atoms. The van der Waals surface area contributed by atoms with Gasteiger partial charge in [0.1, 0.15) is 0 Å². The molecular weight excluding hydrogens is 638 g/mol.